The molecule has 7 heteroatoms. The van der Waals surface area contributed by atoms with E-state index in [9.17, 15) is 4.21 Å². The highest BCUT2D eigenvalue weighted by Crippen LogP contribution is 2.33. The molecule has 6 nitrogen and oxygen atoms in total. The first kappa shape index (κ1) is 15.5. The third kappa shape index (κ3) is 3.27. The Labute approximate surface area is 143 Å². The van der Waals surface area contributed by atoms with Crippen molar-refractivity contribution in [1.29, 1.82) is 0 Å². The van der Waals surface area contributed by atoms with Gasteiger partial charge in [0, 0.05) is 18.0 Å². The number of benzene rings is 1. The summed E-state index contributed by atoms with van der Waals surface area (Å²) in [4.78, 5) is 9.35. The van der Waals surface area contributed by atoms with Gasteiger partial charge in [-0.1, -0.05) is 6.07 Å². The highest BCUT2D eigenvalue weighted by Gasteiger charge is 2.20. The lowest BCUT2D eigenvalue weighted by Crippen LogP contribution is -2.30. The van der Waals surface area contributed by atoms with Crippen LogP contribution in [0.15, 0.2) is 35.5 Å². The molecule has 2 aromatic rings. The van der Waals surface area contributed by atoms with Gasteiger partial charge in [-0.3, -0.25) is 4.21 Å². The normalized spacial score (nSPS) is 20.4. The standard InChI is InChI=1S/C17H19N3O3S/c21-24-11-23-15-7-13(1-2-16(15)24)14-8-19-17(20-9-14)22-10-12-3-5-18-6-4-12/h1-2,7-9,12,18H,3-6,10-11H2/t24-/m1/s1. The molecule has 1 atom stereocenters. The van der Waals surface area contributed by atoms with Crippen molar-refractivity contribution < 1.29 is 13.7 Å². The highest BCUT2D eigenvalue weighted by molar-refractivity contribution is 7.85. The molecule has 0 aliphatic carbocycles. The third-order valence-electron chi connectivity index (χ3n) is 4.38. The second-order valence-electron chi connectivity index (χ2n) is 6.03. The zero-order chi connectivity index (χ0) is 16.4. The van der Waals surface area contributed by atoms with Crippen LogP contribution in [0, 0.1) is 5.92 Å². The molecule has 1 aromatic heterocycles. The van der Waals surface area contributed by atoms with Gasteiger partial charge in [0.05, 0.1) is 22.3 Å². The molecule has 2 aliphatic heterocycles. The summed E-state index contributed by atoms with van der Waals surface area (Å²) in [6, 6.07) is 6.06. The van der Waals surface area contributed by atoms with E-state index < -0.39 is 10.8 Å². The van der Waals surface area contributed by atoms with Crippen LogP contribution in [-0.4, -0.2) is 39.8 Å². The third-order valence-corrected chi connectivity index (χ3v) is 5.54. The highest BCUT2D eigenvalue weighted by atomic mass is 32.2. The first-order valence-corrected chi connectivity index (χ1v) is 9.42. The van der Waals surface area contributed by atoms with E-state index in [1.165, 1.54) is 0 Å². The van der Waals surface area contributed by atoms with E-state index in [-0.39, 0.29) is 5.94 Å². The lowest BCUT2D eigenvalue weighted by molar-refractivity contribution is 0.202. The summed E-state index contributed by atoms with van der Waals surface area (Å²) in [7, 11) is -1.05. The van der Waals surface area contributed by atoms with Crippen LogP contribution in [0.5, 0.6) is 11.8 Å². The molecule has 1 fully saturated rings. The van der Waals surface area contributed by atoms with Gasteiger partial charge < -0.3 is 14.8 Å². The monoisotopic (exact) mass is 345 g/mol. The smallest absolute Gasteiger partial charge is 0.316 e. The summed E-state index contributed by atoms with van der Waals surface area (Å²) in [5, 5.41) is 3.34. The van der Waals surface area contributed by atoms with Crippen LogP contribution in [0.25, 0.3) is 11.1 Å². The van der Waals surface area contributed by atoms with E-state index in [0.717, 1.165) is 42.0 Å². The Morgan fingerprint density at radius 3 is 2.79 bits per heavy atom. The fourth-order valence-corrected chi connectivity index (χ4v) is 3.87. The molecule has 0 radical (unpaired) electrons. The fraction of sp³-hybridized carbons (Fsp3) is 0.412. The SMILES string of the molecule is O=[S@@]1COc2cc(-c3cnc(OCC4CCNCC4)nc3)ccc21. The number of nitrogens with zero attached hydrogens (tertiary/aromatic N) is 2. The summed E-state index contributed by atoms with van der Waals surface area (Å²) in [6.07, 6.45) is 5.76. The number of fused-ring (bicyclic) bond motifs is 1. The Kier molecular flexibility index (Phi) is 4.44. The molecule has 1 aromatic carbocycles. The van der Waals surface area contributed by atoms with Gasteiger partial charge >= 0.3 is 6.01 Å². The first-order valence-electron chi connectivity index (χ1n) is 8.11. The van der Waals surface area contributed by atoms with Gasteiger partial charge in [-0.05, 0) is 49.5 Å². The average molecular weight is 345 g/mol. The van der Waals surface area contributed by atoms with E-state index >= 15 is 0 Å². The van der Waals surface area contributed by atoms with E-state index in [1.807, 2.05) is 18.2 Å². The van der Waals surface area contributed by atoms with Crippen LogP contribution in [0.4, 0.5) is 0 Å². The van der Waals surface area contributed by atoms with Crippen molar-refractivity contribution in [2.45, 2.75) is 17.7 Å². The first-order chi connectivity index (χ1) is 11.8. The Morgan fingerprint density at radius 1 is 1.21 bits per heavy atom. The van der Waals surface area contributed by atoms with Gasteiger partial charge in [0.15, 0.2) is 5.94 Å². The van der Waals surface area contributed by atoms with Gasteiger partial charge in [-0.2, -0.15) is 0 Å². The maximum atomic E-state index is 11.7. The zero-order valence-corrected chi connectivity index (χ0v) is 14.1. The number of hydrogen-bond donors (Lipinski definition) is 1. The van der Waals surface area contributed by atoms with Crippen molar-refractivity contribution in [3.8, 4) is 22.9 Å². The molecule has 3 heterocycles. The minimum atomic E-state index is -1.05. The minimum Gasteiger partial charge on any atom is -0.479 e. The lowest BCUT2D eigenvalue weighted by atomic mass is 9.99. The van der Waals surface area contributed by atoms with Crippen molar-refractivity contribution in [3.05, 3.63) is 30.6 Å². The number of rotatable bonds is 4. The molecule has 0 spiro atoms. The molecule has 0 bridgehead atoms. The molecular formula is C17H19N3O3S. The van der Waals surface area contributed by atoms with Gasteiger partial charge in [0.1, 0.15) is 5.75 Å². The topological polar surface area (TPSA) is 73.3 Å². The maximum Gasteiger partial charge on any atom is 0.316 e. The van der Waals surface area contributed by atoms with Crippen LogP contribution >= 0.6 is 0 Å². The number of ether oxygens (including phenoxy) is 2. The van der Waals surface area contributed by atoms with Gasteiger partial charge in [-0.15, -0.1) is 0 Å². The molecule has 24 heavy (non-hydrogen) atoms. The van der Waals surface area contributed by atoms with Crippen molar-refractivity contribution in [2.75, 3.05) is 25.6 Å². The van der Waals surface area contributed by atoms with Crippen LogP contribution in [0.3, 0.4) is 0 Å². The Balaban J connectivity index is 1.43. The van der Waals surface area contributed by atoms with Crippen LogP contribution < -0.4 is 14.8 Å². The van der Waals surface area contributed by atoms with E-state index in [4.69, 9.17) is 9.47 Å². The van der Waals surface area contributed by atoms with Crippen LogP contribution in [0.1, 0.15) is 12.8 Å². The Bertz CT molecular complexity index is 745. The van der Waals surface area contributed by atoms with Crippen molar-refractivity contribution >= 4 is 10.8 Å². The number of piperidine rings is 1. The van der Waals surface area contributed by atoms with Gasteiger partial charge in [-0.25, -0.2) is 9.97 Å². The molecule has 0 saturated carbocycles. The second-order valence-corrected chi connectivity index (χ2v) is 7.39. The molecule has 2 aliphatic rings. The van der Waals surface area contributed by atoms with Gasteiger partial charge in [0.25, 0.3) is 0 Å². The quantitative estimate of drug-likeness (QED) is 0.913. The van der Waals surface area contributed by atoms with Crippen LogP contribution in [0.2, 0.25) is 0 Å². The number of aromatic nitrogens is 2. The van der Waals surface area contributed by atoms with E-state index in [0.29, 0.717) is 24.3 Å². The predicted molar refractivity (Wildman–Crippen MR) is 90.5 cm³/mol. The Hall–Kier alpha value is -1.99. The van der Waals surface area contributed by atoms with E-state index in [2.05, 4.69) is 15.3 Å². The fourth-order valence-electron chi connectivity index (χ4n) is 2.95. The number of hydrogen-bond acceptors (Lipinski definition) is 6. The summed E-state index contributed by atoms with van der Waals surface area (Å²) in [5.41, 5.74) is 1.82. The van der Waals surface area contributed by atoms with E-state index in [1.54, 1.807) is 12.4 Å². The average Bonchev–Trinajstić information content (AvgIpc) is 3.02. The van der Waals surface area contributed by atoms with Crippen LogP contribution in [-0.2, 0) is 10.8 Å². The molecule has 1 saturated heterocycles. The molecular weight excluding hydrogens is 326 g/mol. The molecule has 1 N–H and O–H groups in total. The van der Waals surface area contributed by atoms with Crippen molar-refractivity contribution in [1.82, 2.24) is 15.3 Å². The Morgan fingerprint density at radius 2 is 2.00 bits per heavy atom. The second kappa shape index (κ2) is 6.86. The predicted octanol–water partition coefficient (Wildman–Crippen LogP) is 1.98. The maximum absolute atomic E-state index is 11.7. The molecule has 4 rings (SSSR count). The molecule has 126 valence electrons. The largest absolute Gasteiger partial charge is 0.479 e. The zero-order valence-electron chi connectivity index (χ0n) is 13.2. The summed E-state index contributed by atoms with van der Waals surface area (Å²) in [5.74, 6) is 1.49. The van der Waals surface area contributed by atoms with Crippen molar-refractivity contribution in [2.24, 2.45) is 5.92 Å². The summed E-state index contributed by atoms with van der Waals surface area (Å²) >= 11 is 0. The lowest BCUT2D eigenvalue weighted by Gasteiger charge is -2.21. The molecule has 0 amide bonds. The molecule has 0 unspecified atom stereocenters. The minimum absolute atomic E-state index is 0.235. The van der Waals surface area contributed by atoms with Gasteiger partial charge in [0.2, 0.25) is 0 Å². The number of nitrogens with one attached hydrogen (secondary N) is 1. The van der Waals surface area contributed by atoms with Crippen molar-refractivity contribution in [3.63, 3.8) is 0 Å². The summed E-state index contributed by atoms with van der Waals surface area (Å²) in [6.45, 7) is 2.78. The summed E-state index contributed by atoms with van der Waals surface area (Å²) < 4.78 is 22.8.